The Kier molecular flexibility index (Phi) is 12.0. The molecule has 1 saturated carbocycles. The Morgan fingerprint density at radius 1 is 0.837 bits per heavy atom. The third-order valence-corrected chi connectivity index (χ3v) is 8.50. The number of carbonyl (C=O) groups excluding carboxylic acids is 3. The molecule has 2 aromatic carbocycles. The fourth-order valence-electron chi connectivity index (χ4n) is 6.01. The quantitative estimate of drug-likeness (QED) is 0.300. The van der Waals surface area contributed by atoms with E-state index < -0.39 is 18.2 Å². The van der Waals surface area contributed by atoms with Gasteiger partial charge in [-0.1, -0.05) is 80.8 Å². The van der Waals surface area contributed by atoms with Gasteiger partial charge in [-0.25, -0.2) is 4.79 Å². The maximum atomic E-state index is 13.5. The molecule has 43 heavy (non-hydrogen) atoms. The Morgan fingerprint density at radius 3 is 2.12 bits per heavy atom. The highest BCUT2D eigenvalue weighted by Crippen LogP contribution is 2.26. The molecule has 4 rings (SSSR count). The zero-order valence-corrected chi connectivity index (χ0v) is 25.1. The third kappa shape index (κ3) is 9.81. The van der Waals surface area contributed by atoms with E-state index >= 15 is 0 Å². The van der Waals surface area contributed by atoms with Gasteiger partial charge in [-0.3, -0.25) is 19.3 Å². The van der Waals surface area contributed by atoms with Crippen molar-refractivity contribution in [3.63, 3.8) is 0 Å². The standard InChI is InChI=1S/C33H45N5O5/c1-2-29(39)35-28(32(41)38-19-17-37(18-20-38)23-26-9-5-3-6-10-26)21-24-13-15-25(16-14-24)22-34-31(40)30(36-33(42)43)27-11-7-4-8-12-27/h3,5-6,9-10,13-16,27-28,30,36H,2,4,7-8,11-12,17-23H2,1H3,(H,34,40)(H,35,39)(H,42,43)/t28?,30-/m0/s1. The Balaban J connectivity index is 1.31. The number of nitrogens with one attached hydrogen (secondary N) is 3. The lowest BCUT2D eigenvalue weighted by Gasteiger charge is -2.36. The van der Waals surface area contributed by atoms with Crippen molar-refractivity contribution in [2.75, 3.05) is 26.2 Å². The van der Waals surface area contributed by atoms with Crippen LogP contribution < -0.4 is 16.0 Å². The first-order valence-electron chi connectivity index (χ1n) is 15.5. The summed E-state index contributed by atoms with van der Waals surface area (Å²) in [6.45, 7) is 5.67. The molecule has 2 aliphatic rings. The topological polar surface area (TPSA) is 131 Å². The van der Waals surface area contributed by atoms with E-state index in [1.165, 1.54) is 5.56 Å². The second-order valence-corrected chi connectivity index (χ2v) is 11.6. The monoisotopic (exact) mass is 591 g/mol. The van der Waals surface area contributed by atoms with Gasteiger partial charge >= 0.3 is 6.09 Å². The van der Waals surface area contributed by atoms with Crippen LogP contribution in [-0.4, -0.2) is 77.0 Å². The fraction of sp³-hybridized carbons (Fsp3) is 0.515. The molecule has 232 valence electrons. The summed E-state index contributed by atoms with van der Waals surface area (Å²) in [5.41, 5.74) is 3.02. The fourth-order valence-corrected chi connectivity index (χ4v) is 6.01. The molecule has 1 saturated heterocycles. The number of hydrogen-bond donors (Lipinski definition) is 4. The molecule has 1 aliphatic heterocycles. The third-order valence-electron chi connectivity index (χ3n) is 8.50. The minimum Gasteiger partial charge on any atom is -0.465 e. The van der Waals surface area contributed by atoms with Crippen LogP contribution in [0.5, 0.6) is 0 Å². The molecule has 0 spiro atoms. The van der Waals surface area contributed by atoms with Crippen molar-refractivity contribution in [3.8, 4) is 0 Å². The van der Waals surface area contributed by atoms with Gasteiger partial charge in [0.15, 0.2) is 0 Å². The average molecular weight is 592 g/mol. The predicted octanol–water partition coefficient (Wildman–Crippen LogP) is 3.30. The van der Waals surface area contributed by atoms with Crippen LogP contribution in [0.1, 0.15) is 62.1 Å². The van der Waals surface area contributed by atoms with Gasteiger partial charge in [-0.2, -0.15) is 0 Å². The van der Waals surface area contributed by atoms with Gasteiger partial charge in [0.05, 0.1) is 0 Å². The van der Waals surface area contributed by atoms with Gasteiger partial charge in [0, 0.05) is 52.1 Å². The number of carboxylic acid groups (broad SMARTS) is 1. The van der Waals surface area contributed by atoms with Crippen LogP contribution >= 0.6 is 0 Å². The summed E-state index contributed by atoms with van der Waals surface area (Å²) in [7, 11) is 0. The van der Waals surface area contributed by atoms with Crippen LogP contribution in [0.25, 0.3) is 0 Å². The lowest BCUT2D eigenvalue weighted by molar-refractivity contribution is -0.138. The molecule has 4 amide bonds. The maximum Gasteiger partial charge on any atom is 0.405 e. The number of nitrogens with zero attached hydrogens (tertiary/aromatic N) is 2. The van der Waals surface area contributed by atoms with Gasteiger partial charge < -0.3 is 26.0 Å². The van der Waals surface area contributed by atoms with E-state index in [1.807, 2.05) is 47.4 Å². The van der Waals surface area contributed by atoms with Crippen LogP contribution in [0.2, 0.25) is 0 Å². The molecule has 2 atom stereocenters. The maximum absolute atomic E-state index is 13.5. The number of rotatable bonds is 12. The van der Waals surface area contributed by atoms with Crippen molar-refractivity contribution < 1.29 is 24.3 Å². The first-order chi connectivity index (χ1) is 20.8. The van der Waals surface area contributed by atoms with Gasteiger partial charge in [-0.05, 0) is 35.4 Å². The lowest BCUT2D eigenvalue weighted by Crippen LogP contribution is -2.55. The summed E-state index contributed by atoms with van der Waals surface area (Å²) in [5, 5.41) is 17.5. The molecule has 0 bridgehead atoms. The van der Waals surface area contributed by atoms with E-state index in [1.54, 1.807) is 6.92 Å². The summed E-state index contributed by atoms with van der Waals surface area (Å²) >= 11 is 0. The van der Waals surface area contributed by atoms with Gasteiger partial charge in [0.2, 0.25) is 17.7 Å². The second-order valence-electron chi connectivity index (χ2n) is 11.6. The van der Waals surface area contributed by atoms with E-state index in [-0.39, 0.29) is 30.2 Å². The molecule has 4 N–H and O–H groups in total. The van der Waals surface area contributed by atoms with Crippen molar-refractivity contribution in [2.45, 2.75) is 77.0 Å². The van der Waals surface area contributed by atoms with Gasteiger partial charge in [0.1, 0.15) is 12.1 Å². The molecule has 2 aromatic rings. The van der Waals surface area contributed by atoms with Crippen molar-refractivity contribution in [2.24, 2.45) is 5.92 Å². The van der Waals surface area contributed by atoms with E-state index in [0.717, 1.165) is 62.9 Å². The Morgan fingerprint density at radius 2 is 1.49 bits per heavy atom. The smallest absolute Gasteiger partial charge is 0.405 e. The molecule has 0 aromatic heterocycles. The minimum absolute atomic E-state index is 0.00636. The number of piperazine rings is 1. The Bertz CT molecular complexity index is 1210. The minimum atomic E-state index is -1.19. The van der Waals surface area contributed by atoms with Crippen molar-refractivity contribution >= 4 is 23.8 Å². The van der Waals surface area contributed by atoms with Crippen molar-refractivity contribution in [1.29, 1.82) is 0 Å². The van der Waals surface area contributed by atoms with Gasteiger partial charge in [0.25, 0.3) is 0 Å². The molecule has 1 unspecified atom stereocenters. The van der Waals surface area contributed by atoms with Crippen LogP contribution in [0.4, 0.5) is 4.79 Å². The first-order valence-corrected chi connectivity index (χ1v) is 15.5. The Hall–Kier alpha value is -3.92. The molecular weight excluding hydrogens is 546 g/mol. The van der Waals surface area contributed by atoms with E-state index in [0.29, 0.717) is 25.9 Å². The summed E-state index contributed by atoms with van der Waals surface area (Å²) in [6, 6.07) is 16.5. The number of amides is 4. The van der Waals surface area contributed by atoms with E-state index in [2.05, 4.69) is 33.0 Å². The summed E-state index contributed by atoms with van der Waals surface area (Å²) in [5.74, 6) is -0.540. The second kappa shape index (κ2) is 16.1. The summed E-state index contributed by atoms with van der Waals surface area (Å²) in [6.07, 6.45) is 4.27. The number of carbonyl (C=O) groups is 4. The normalized spacial score (nSPS) is 17.5. The molecular formula is C33H45N5O5. The van der Waals surface area contributed by atoms with Crippen molar-refractivity contribution in [3.05, 3.63) is 71.3 Å². The lowest BCUT2D eigenvalue weighted by atomic mass is 9.83. The summed E-state index contributed by atoms with van der Waals surface area (Å²) < 4.78 is 0. The van der Waals surface area contributed by atoms with Crippen LogP contribution in [0, 0.1) is 5.92 Å². The van der Waals surface area contributed by atoms with Crippen LogP contribution in [0.3, 0.4) is 0 Å². The highest BCUT2D eigenvalue weighted by atomic mass is 16.4. The van der Waals surface area contributed by atoms with Crippen LogP contribution in [0.15, 0.2) is 54.6 Å². The zero-order chi connectivity index (χ0) is 30.6. The SMILES string of the molecule is CCC(=O)NC(Cc1ccc(CNC(=O)[C@@H](NC(=O)O)C2CCCCC2)cc1)C(=O)N1CCN(Cc2ccccc2)CC1. The molecule has 10 nitrogen and oxygen atoms in total. The van der Waals surface area contributed by atoms with Crippen LogP contribution in [-0.2, 0) is 33.9 Å². The first kappa shape index (κ1) is 32.0. The number of benzene rings is 2. The molecule has 10 heteroatoms. The largest absolute Gasteiger partial charge is 0.465 e. The number of hydrogen-bond acceptors (Lipinski definition) is 5. The molecule has 1 heterocycles. The average Bonchev–Trinajstić information content (AvgIpc) is 3.03. The van der Waals surface area contributed by atoms with E-state index in [9.17, 15) is 24.3 Å². The molecule has 0 radical (unpaired) electrons. The van der Waals surface area contributed by atoms with Crippen molar-refractivity contribution in [1.82, 2.24) is 25.8 Å². The van der Waals surface area contributed by atoms with Gasteiger partial charge in [-0.15, -0.1) is 0 Å². The Labute approximate surface area is 254 Å². The molecule has 1 aliphatic carbocycles. The van der Waals surface area contributed by atoms with E-state index in [4.69, 9.17) is 0 Å². The highest BCUT2D eigenvalue weighted by molar-refractivity contribution is 5.88. The molecule has 2 fully saturated rings. The predicted molar refractivity (Wildman–Crippen MR) is 164 cm³/mol. The zero-order valence-electron chi connectivity index (χ0n) is 25.1. The summed E-state index contributed by atoms with van der Waals surface area (Å²) in [4.78, 5) is 54.3. The highest BCUT2D eigenvalue weighted by Gasteiger charge is 2.31.